The van der Waals surface area contributed by atoms with E-state index in [1.165, 1.54) is 43.2 Å². The normalized spacial score (nSPS) is 29.3. The second kappa shape index (κ2) is 7.61. The fourth-order valence-corrected chi connectivity index (χ4v) is 8.81. The van der Waals surface area contributed by atoms with Crippen molar-refractivity contribution >= 4 is 29.1 Å². The highest BCUT2D eigenvalue weighted by Crippen LogP contribution is 2.56. The molecule has 36 heavy (non-hydrogen) atoms. The number of nitrogens with zero attached hydrogens (tertiary/aromatic N) is 2. The summed E-state index contributed by atoms with van der Waals surface area (Å²) in [7, 11) is 0. The predicted octanol–water partition coefficient (Wildman–Crippen LogP) is 7.33. The number of fused-ring (bicyclic) bond motifs is 3. The molecular formula is C30H29Cl2N3O. The molecule has 3 aromatic rings. The van der Waals surface area contributed by atoms with Crippen LogP contribution in [-0.4, -0.2) is 21.2 Å². The van der Waals surface area contributed by atoms with Gasteiger partial charge in [0.2, 0.25) is 0 Å². The summed E-state index contributed by atoms with van der Waals surface area (Å²) in [6.07, 6.45) is 10.7. The summed E-state index contributed by atoms with van der Waals surface area (Å²) in [4.78, 5) is 14.0. The lowest BCUT2D eigenvalue weighted by molar-refractivity contribution is -0.0168. The van der Waals surface area contributed by atoms with Crippen molar-refractivity contribution < 1.29 is 4.79 Å². The first-order valence-electron chi connectivity index (χ1n) is 13.5. The minimum atomic E-state index is -0.0506. The molecule has 1 aromatic heterocycles. The summed E-state index contributed by atoms with van der Waals surface area (Å²) in [6.45, 7) is 0. The monoisotopic (exact) mass is 517 g/mol. The van der Waals surface area contributed by atoms with E-state index in [2.05, 4.69) is 23.5 Å². The smallest absolute Gasteiger partial charge is 0.272 e. The average molecular weight is 518 g/mol. The van der Waals surface area contributed by atoms with E-state index in [1.54, 1.807) is 6.07 Å². The molecular weight excluding hydrogens is 489 g/mol. The molecule has 5 saturated carbocycles. The molecule has 0 atom stereocenters. The van der Waals surface area contributed by atoms with Gasteiger partial charge in [-0.05, 0) is 104 Å². The lowest BCUT2D eigenvalue weighted by atomic mass is 9.53. The van der Waals surface area contributed by atoms with Crippen LogP contribution in [-0.2, 0) is 6.42 Å². The topological polar surface area (TPSA) is 46.9 Å². The number of halogens is 2. The molecule has 0 saturated heterocycles. The fraction of sp³-hybridized carbons (Fsp3) is 0.467. The minimum absolute atomic E-state index is 0.0211. The number of carbonyl (C=O) groups is 1. The Morgan fingerprint density at radius 2 is 1.69 bits per heavy atom. The van der Waals surface area contributed by atoms with Gasteiger partial charge in [0.15, 0.2) is 5.69 Å². The largest absolute Gasteiger partial charge is 0.345 e. The first kappa shape index (κ1) is 21.8. The molecule has 2 aromatic carbocycles. The molecule has 4 bridgehead atoms. The standard InChI is InChI=1S/C30H29Cl2N3O/c31-22-4-6-26(25(32)12-22)35-28-23-5-3-20(19-1-2-19)10-21(23)11-24(28)27(34-35)29(36)33-30-13-16-7-17(14-30)9-18(8-16)15-30/h3-6,10,12,16-19H,1-2,7-9,11,13-15H2,(H,33,36). The van der Waals surface area contributed by atoms with Crippen LogP contribution in [0.4, 0.5) is 0 Å². The van der Waals surface area contributed by atoms with E-state index in [0.29, 0.717) is 21.7 Å². The van der Waals surface area contributed by atoms with E-state index in [9.17, 15) is 4.79 Å². The average Bonchev–Trinajstić information content (AvgIpc) is 3.51. The van der Waals surface area contributed by atoms with Gasteiger partial charge in [-0.25, -0.2) is 4.68 Å². The third kappa shape index (κ3) is 3.33. The van der Waals surface area contributed by atoms with Crippen molar-refractivity contribution in [1.29, 1.82) is 0 Å². The second-order valence-corrected chi connectivity index (χ2v) is 13.0. The molecule has 0 spiro atoms. The van der Waals surface area contributed by atoms with E-state index in [-0.39, 0.29) is 11.4 Å². The van der Waals surface area contributed by atoms with Gasteiger partial charge in [-0.1, -0.05) is 41.4 Å². The number of aromatic nitrogens is 2. The van der Waals surface area contributed by atoms with Crippen molar-refractivity contribution in [3.05, 3.63) is 68.8 Å². The van der Waals surface area contributed by atoms with Crippen molar-refractivity contribution in [1.82, 2.24) is 15.1 Å². The minimum Gasteiger partial charge on any atom is -0.345 e. The molecule has 0 unspecified atom stereocenters. The van der Waals surface area contributed by atoms with Crippen LogP contribution >= 0.6 is 23.2 Å². The van der Waals surface area contributed by atoms with Gasteiger partial charge in [-0.2, -0.15) is 5.10 Å². The van der Waals surface area contributed by atoms with Gasteiger partial charge in [0.05, 0.1) is 16.4 Å². The molecule has 4 nitrogen and oxygen atoms in total. The van der Waals surface area contributed by atoms with Crippen molar-refractivity contribution in [2.24, 2.45) is 17.8 Å². The van der Waals surface area contributed by atoms with Crippen LogP contribution in [0.5, 0.6) is 0 Å². The van der Waals surface area contributed by atoms with Gasteiger partial charge in [0.25, 0.3) is 5.91 Å². The summed E-state index contributed by atoms with van der Waals surface area (Å²) in [5.74, 6) is 3.00. The Bertz CT molecular complexity index is 1400. The van der Waals surface area contributed by atoms with Gasteiger partial charge in [-0.3, -0.25) is 4.79 Å². The number of rotatable bonds is 4. The van der Waals surface area contributed by atoms with Crippen LogP contribution in [0.1, 0.15) is 84.5 Å². The van der Waals surface area contributed by atoms with Crippen molar-refractivity contribution in [2.45, 2.75) is 69.2 Å². The Morgan fingerprint density at radius 3 is 2.36 bits per heavy atom. The molecule has 184 valence electrons. The third-order valence-electron chi connectivity index (χ3n) is 9.55. The Morgan fingerprint density at radius 1 is 0.972 bits per heavy atom. The number of carbonyl (C=O) groups excluding carboxylic acids is 1. The molecule has 9 rings (SSSR count). The van der Waals surface area contributed by atoms with Crippen LogP contribution in [0.25, 0.3) is 16.9 Å². The lowest BCUT2D eigenvalue weighted by Crippen LogP contribution is -2.60. The van der Waals surface area contributed by atoms with E-state index >= 15 is 0 Å². The molecule has 6 aliphatic carbocycles. The fourth-order valence-electron chi connectivity index (χ4n) is 8.32. The number of hydrogen-bond acceptors (Lipinski definition) is 2. The zero-order valence-corrected chi connectivity index (χ0v) is 21.7. The first-order chi connectivity index (χ1) is 17.4. The van der Waals surface area contributed by atoms with Crippen molar-refractivity contribution in [2.75, 3.05) is 0 Å². The zero-order valence-electron chi connectivity index (χ0n) is 20.2. The summed E-state index contributed by atoms with van der Waals surface area (Å²) in [5, 5.41) is 9.61. The number of nitrogens with one attached hydrogen (secondary N) is 1. The van der Waals surface area contributed by atoms with Crippen molar-refractivity contribution in [3.8, 4) is 16.9 Å². The zero-order chi connectivity index (χ0) is 24.2. The quantitative estimate of drug-likeness (QED) is 0.308. The van der Waals surface area contributed by atoms with E-state index in [1.807, 2.05) is 16.8 Å². The first-order valence-corrected chi connectivity index (χ1v) is 14.2. The Balaban J connectivity index is 1.22. The summed E-state index contributed by atoms with van der Waals surface area (Å²) in [6, 6.07) is 12.3. The van der Waals surface area contributed by atoms with E-state index in [0.717, 1.165) is 65.9 Å². The highest BCUT2D eigenvalue weighted by Gasteiger charge is 2.52. The van der Waals surface area contributed by atoms with Crippen LogP contribution in [0.2, 0.25) is 10.0 Å². The predicted molar refractivity (Wildman–Crippen MR) is 142 cm³/mol. The maximum absolute atomic E-state index is 14.0. The van der Waals surface area contributed by atoms with Gasteiger partial charge in [-0.15, -0.1) is 0 Å². The molecule has 6 heteroatoms. The van der Waals surface area contributed by atoms with Crippen LogP contribution in [0, 0.1) is 17.8 Å². The molecule has 5 fully saturated rings. The Labute approximate surface area is 221 Å². The molecule has 6 aliphatic rings. The highest BCUT2D eigenvalue weighted by atomic mass is 35.5. The number of benzene rings is 2. The highest BCUT2D eigenvalue weighted by molar-refractivity contribution is 6.35. The number of hydrogen-bond donors (Lipinski definition) is 1. The maximum Gasteiger partial charge on any atom is 0.272 e. The summed E-state index contributed by atoms with van der Waals surface area (Å²) < 4.78 is 1.88. The number of amides is 1. The SMILES string of the molecule is O=C(NC12CC3CC(CC(C3)C1)C2)c1nn(-c2ccc(Cl)cc2Cl)c2c1Cc1cc(C3CC3)ccc1-2. The van der Waals surface area contributed by atoms with Gasteiger partial charge < -0.3 is 5.32 Å². The van der Waals surface area contributed by atoms with E-state index < -0.39 is 0 Å². The maximum atomic E-state index is 14.0. The summed E-state index contributed by atoms with van der Waals surface area (Å²) >= 11 is 12.9. The van der Waals surface area contributed by atoms with Gasteiger partial charge in [0, 0.05) is 28.1 Å². The lowest BCUT2D eigenvalue weighted by Gasteiger charge is -2.56. The van der Waals surface area contributed by atoms with Crippen LogP contribution in [0.3, 0.4) is 0 Å². The molecule has 0 aliphatic heterocycles. The molecule has 1 heterocycles. The molecule has 1 amide bonds. The van der Waals surface area contributed by atoms with Crippen LogP contribution < -0.4 is 5.32 Å². The van der Waals surface area contributed by atoms with E-state index in [4.69, 9.17) is 28.3 Å². The Hall–Kier alpha value is -2.30. The molecule has 0 radical (unpaired) electrons. The third-order valence-corrected chi connectivity index (χ3v) is 10.1. The van der Waals surface area contributed by atoms with Gasteiger partial charge >= 0.3 is 0 Å². The second-order valence-electron chi connectivity index (χ2n) is 12.2. The van der Waals surface area contributed by atoms with Gasteiger partial charge in [0.1, 0.15) is 0 Å². The van der Waals surface area contributed by atoms with Crippen molar-refractivity contribution in [3.63, 3.8) is 0 Å². The molecule has 1 N–H and O–H groups in total. The summed E-state index contributed by atoms with van der Waals surface area (Å²) in [5.41, 5.74) is 7.13. The Kier molecular flexibility index (Phi) is 4.60. The van der Waals surface area contributed by atoms with Crippen LogP contribution in [0.15, 0.2) is 36.4 Å².